The van der Waals surface area contributed by atoms with Gasteiger partial charge in [0.25, 0.3) is 0 Å². The van der Waals surface area contributed by atoms with E-state index in [-0.39, 0.29) is 12.4 Å². The van der Waals surface area contributed by atoms with Crippen molar-refractivity contribution in [2.75, 3.05) is 6.61 Å². The lowest BCUT2D eigenvalue weighted by atomic mass is 10.2. The Balaban J connectivity index is 1.98. The second-order valence-electron chi connectivity index (χ2n) is 4.36. The SMILES string of the molecule is Cc1ccc(C(=O)C=Cc2ccc(OCC(=O)O)cc2)o1. The van der Waals surface area contributed by atoms with Crippen LogP contribution in [0.3, 0.4) is 0 Å². The van der Waals surface area contributed by atoms with Crippen molar-refractivity contribution in [1.29, 1.82) is 0 Å². The molecular formula is C16H14O5. The molecule has 21 heavy (non-hydrogen) atoms. The van der Waals surface area contributed by atoms with Crippen LogP contribution in [0.2, 0.25) is 0 Å². The highest BCUT2D eigenvalue weighted by Crippen LogP contribution is 2.14. The first-order valence-corrected chi connectivity index (χ1v) is 6.28. The Morgan fingerprint density at radius 3 is 2.48 bits per heavy atom. The monoisotopic (exact) mass is 286 g/mol. The highest BCUT2D eigenvalue weighted by Gasteiger charge is 2.05. The Labute approximate surface area is 121 Å². The molecule has 0 aliphatic rings. The number of ether oxygens (including phenoxy) is 1. The molecule has 0 amide bonds. The van der Waals surface area contributed by atoms with Gasteiger partial charge in [-0.3, -0.25) is 4.79 Å². The zero-order chi connectivity index (χ0) is 15.2. The number of carboxylic acids is 1. The molecule has 1 heterocycles. The number of hydrogen-bond acceptors (Lipinski definition) is 4. The van der Waals surface area contributed by atoms with Crippen LogP contribution in [0.5, 0.6) is 5.75 Å². The summed E-state index contributed by atoms with van der Waals surface area (Å²) in [7, 11) is 0. The Morgan fingerprint density at radius 1 is 1.19 bits per heavy atom. The van der Waals surface area contributed by atoms with E-state index >= 15 is 0 Å². The first-order valence-electron chi connectivity index (χ1n) is 6.28. The first kappa shape index (κ1) is 14.6. The van der Waals surface area contributed by atoms with Gasteiger partial charge >= 0.3 is 5.97 Å². The van der Waals surface area contributed by atoms with E-state index in [0.29, 0.717) is 17.3 Å². The molecule has 2 aromatic rings. The van der Waals surface area contributed by atoms with Crippen LogP contribution in [0, 0.1) is 6.92 Å². The van der Waals surface area contributed by atoms with Gasteiger partial charge in [-0.15, -0.1) is 0 Å². The van der Waals surface area contributed by atoms with Crippen LogP contribution in [0.1, 0.15) is 21.9 Å². The molecule has 0 unspecified atom stereocenters. The number of allylic oxidation sites excluding steroid dienone is 1. The number of carbonyl (C=O) groups is 2. The molecule has 2 rings (SSSR count). The van der Waals surface area contributed by atoms with E-state index in [2.05, 4.69) is 0 Å². The van der Waals surface area contributed by atoms with Crippen LogP contribution in [0.15, 0.2) is 46.9 Å². The lowest BCUT2D eigenvalue weighted by Crippen LogP contribution is -2.09. The van der Waals surface area contributed by atoms with E-state index in [4.69, 9.17) is 14.3 Å². The molecule has 108 valence electrons. The first-order chi connectivity index (χ1) is 10.0. The van der Waals surface area contributed by atoms with Crippen LogP contribution < -0.4 is 4.74 Å². The van der Waals surface area contributed by atoms with E-state index in [1.54, 1.807) is 49.4 Å². The molecule has 0 radical (unpaired) electrons. The molecule has 0 saturated heterocycles. The molecular weight excluding hydrogens is 272 g/mol. The van der Waals surface area contributed by atoms with Crippen molar-refractivity contribution in [2.45, 2.75) is 6.92 Å². The molecule has 0 bridgehead atoms. The van der Waals surface area contributed by atoms with Crippen molar-refractivity contribution in [2.24, 2.45) is 0 Å². The van der Waals surface area contributed by atoms with Gasteiger partial charge in [0.2, 0.25) is 5.78 Å². The Hall–Kier alpha value is -2.82. The Kier molecular flexibility index (Phi) is 4.56. The summed E-state index contributed by atoms with van der Waals surface area (Å²) in [5.41, 5.74) is 0.800. The van der Waals surface area contributed by atoms with Crippen molar-refractivity contribution < 1.29 is 23.8 Å². The summed E-state index contributed by atoms with van der Waals surface area (Å²) < 4.78 is 10.2. The van der Waals surface area contributed by atoms with Crippen LogP contribution >= 0.6 is 0 Å². The van der Waals surface area contributed by atoms with Gasteiger partial charge in [0.1, 0.15) is 11.5 Å². The van der Waals surface area contributed by atoms with Crippen molar-refractivity contribution in [3.63, 3.8) is 0 Å². The predicted molar refractivity (Wildman–Crippen MR) is 76.4 cm³/mol. The number of rotatable bonds is 6. The summed E-state index contributed by atoms with van der Waals surface area (Å²) in [5.74, 6) is 0.201. The fourth-order valence-electron chi connectivity index (χ4n) is 1.64. The summed E-state index contributed by atoms with van der Waals surface area (Å²) in [6.45, 7) is 1.39. The largest absolute Gasteiger partial charge is 0.482 e. The molecule has 0 fully saturated rings. The molecule has 5 nitrogen and oxygen atoms in total. The van der Waals surface area contributed by atoms with Gasteiger partial charge in [0, 0.05) is 0 Å². The zero-order valence-electron chi connectivity index (χ0n) is 11.4. The molecule has 1 aromatic carbocycles. The van der Waals surface area contributed by atoms with E-state index < -0.39 is 5.97 Å². The second kappa shape index (κ2) is 6.56. The third-order valence-electron chi connectivity index (χ3n) is 2.65. The second-order valence-corrected chi connectivity index (χ2v) is 4.36. The van der Waals surface area contributed by atoms with Crippen molar-refractivity contribution in [3.8, 4) is 5.75 Å². The third kappa shape index (κ3) is 4.35. The summed E-state index contributed by atoms with van der Waals surface area (Å²) in [6, 6.07) is 10.1. The number of hydrogen-bond donors (Lipinski definition) is 1. The number of aliphatic carboxylic acids is 1. The van der Waals surface area contributed by atoms with Crippen LogP contribution in [-0.2, 0) is 4.79 Å². The molecule has 0 saturated carbocycles. The van der Waals surface area contributed by atoms with Gasteiger partial charge in [-0.25, -0.2) is 4.79 Å². The molecule has 0 aliphatic heterocycles. The predicted octanol–water partition coefficient (Wildman–Crippen LogP) is 2.95. The summed E-state index contributed by atoms with van der Waals surface area (Å²) >= 11 is 0. The maximum Gasteiger partial charge on any atom is 0.341 e. The number of carbonyl (C=O) groups excluding carboxylic acids is 1. The van der Waals surface area contributed by atoms with Gasteiger partial charge in [-0.2, -0.15) is 0 Å². The lowest BCUT2D eigenvalue weighted by Gasteiger charge is -2.02. The number of aryl methyl sites for hydroxylation is 1. The topological polar surface area (TPSA) is 76.7 Å². The number of benzene rings is 1. The van der Waals surface area contributed by atoms with Gasteiger partial charge in [-0.05, 0) is 42.8 Å². The third-order valence-corrected chi connectivity index (χ3v) is 2.65. The fourth-order valence-corrected chi connectivity index (χ4v) is 1.64. The quantitative estimate of drug-likeness (QED) is 0.652. The molecule has 0 atom stereocenters. The molecule has 0 aliphatic carbocycles. The summed E-state index contributed by atoms with van der Waals surface area (Å²) in [4.78, 5) is 22.2. The fraction of sp³-hybridized carbons (Fsp3) is 0.125. The minimum absolute atomic E-state index is 0.214. The van der Waals surface area contributed by atoms with E-state index in [1.165, 1.54) is 6.08 Å². The van der Waals surface area contributed by atoms with Crippen LogP contribution in [0.4, 0.5) is 0 Å². The van der Waals surface area contributed by atoms with Crippen LogP contribution in [0.25, 0.3) is 6.08 Å². The molecule has 1 aromatic heterocycles. The Bertz CT molecular complexity index is 664. The van der Waals surface area contributed by atoms with Gasteiger partial charge < -0.3 is 14.3 Å². The minimum Gasteiger partial charge on any atom is -0.482 e. The van der Waals surface area contributed by atoms with Gasteiger partial charge in [0.05, 0.1) is 0 Å². The average Bonchev–Trinajstić information content (AvgIpc) is 2.90. The summed E-state index contributed by atoms with van der Waals surface area (Å²) in [5, 5.41) is 8.50. The van der Waals surface area contributed by atoms with E-state index in [9.17, 15) is 9.59 Å². The standard InChI is InChI=1S/C16H14O5/c1-11-2-9-15(21-11)14(17)8-5-12-3-6-13(7-4-12)20-10-16(18)19/h2-9H,10H2,1H3,(H,18,19). The zero-order valence-corrected chi connectivity index (χ0v) is 11.4. The smallest absolute Gasteiger partial charge is 0.341 e. The lowest BCUT2D eigenvalue weighted by molar-refractivity contribution is -0.139. The Morgan fingerprint density at radius 2 is 1.90 bits per heavy atom. The van der Waals surface area contributed by atoms with Crippen molar-refractivity contribution >= 4 is 17.8 Å². The van der Waals surface area contributed by atoms with E-state index in [1.807, 2.05) is 0 Å². The number of ketones is 1. The minimum atomic E-state index is -1.03. The molecule has 1 N–H and O–H groups in total. The summed E-state index contributed by atoms with van der Waals surface area (Å²) in [6.07, 6.45) is 3.08. The van der Waals surface area contributed by atoms with Crippen molar-refractivity contribution in [3.05, 3.63) is 59.6 Å². The van der Waals surface area contributed by atoms with Crippen molar-refractivity contribution in [1.82, 2.24) is 0 Å². The van der Waals surface area contributed by atoms with Gasteiger partial charge in [0.15, 0.2) is 12.4 Å². The highest BCUT2D eigenvalue weighted by atomic mass is 16.5. The number of furan rings is 1. The van der Waals surface area contributed by atoms with E-state index in [0.717, 1.165) is 5.56 Å². The molecule has 5 heteroatoms. The molecule has 0 spiro atoms. The maximum atomic E-state index is 11.8. The van der Waals surface area contributed by atoms with Crippen LogP contribution in [-0.4, -0.2) is 23.5 Å². The normalized spacial score (nSPS) is 10.7. The highest BCUT2D eigenvalue weighted by molar-refractivity contribution is 6.04. The average molecular weight is 286 g/mol. The van der Waals surface area contributed by atoms with Gasteiger partial charge in [-0.1, -0.05) is 18.2 Å². The maximum absolute atomic E-state index is 11.8. The number of carboxylic acid groups (broad SMARTS) is 1.